The Morgan fingerprint density at radius 2 is 2.20 bits per heavy atom. The molecule has 1 fully saturated rings. The van der Waals surface area contributed by atoms with Crippen LogP contribution in [0.2, 0.25) is 0 Å². The number of amides is 1. The first kappa shape index (κ1) is 12.2. The summed E-state index contributed by atoms with van der Waals surface area (Å²) < 4.78 is 10.4. The van der Waals surface area contributed by atoms with Gasteiger partial charge in [0.25, 0.3) is 0 Å². The fourth-order valence-corrected chi connectivity index (χ4v) is 1.67. The molecule has 0 aromatic carbocycles. The molecule has 15 heavy (non-hydrogen) atoms. The maximum atomic E-state index is 11.6. The van der Waals surface area contributed by atoms with Crippen LogP contribution in [-0.4, -0.2) is 43.9 Å². The highest BCUT2D eigenvalue weighted by Gasteiger charge is 2.34. The molecular weight excluding hydrogens is 194 g/mol. The van der Waals surface area contributed by atoms with E-state index in [0.29, 0.717) is 19.5 Å². The van der Waals surface area contributed by atoms with Gasteiger partial charge in [-0.1, -0.05) is 6.08 Å². The summed E-state index contributed by atoms with van der Waals surface area (Å²) in [5.74, 6) is -0.318. The zero-order chi connectivity index (χ0) is 11.5. The lowest BCUT2D eigenvalue weighted by Gasteiger charge is -2.31. The molecule has 0 aromatic heterocycles. The van der Waals surface area contributed by atoms with Crippen molar-refractivity contribution in [1.29, 1.82) is 0 Å². The molecule has 0 aromatic rings. The van der Waals surface area contributed by atoms with Gasteiger partial charge in [-0.2, -0.15) is 0 Å². The Bertz CT molecular complexity index is 248. The number of carbonyl (C=O) groups is 1. The number of hydrogen-bond donors (Lipinski definition) is 0. The predicted octanol–water partition coefficient (Wildman–Crippen LogP) is 1.03. The average molecular weight is 213 g/mol. The van der Waals surface area contributed by atoms with Gasteiger partial charge in [-0.3, -0.25) is 4.79 Å². The Hall–Kier alpha value is -0.870. The molecule has 1 aliphatic rings. The lowest BCUT2D eigenvalue weighted by atomic mass is 10.1. The number of carbonyl (C=O) groups excluding carboxylic acids is 1. The summed E-state index contributed by atoms with van der Waals surface area (Å²) >= 11 is 0. The monoisotopic (exact) mass is 213 g/mol. The van der Waals surface area contributed by atoms with Crippen LogP contribution in [0.4, 0.5) is 0 Å². The SMILES string of the molecule is C=CC1CC(=O)N(CC(C)(OC)OC)C1. The molecule has 4 nitrogen and oxygen atoms in total. The van der Waals surface area contributed by atoms with Gasteiger partial charge in [-0.05, 0) is 6.92 Å². The molecule has 1 rings (SSSR count). The second-order valence-electron chi connectivity index (χ2n) is 4.02. The van der Waals surface area contributed by atoms with Crippen LogP contribution in [0.1, 0.15) is 13.3 Å². The van der Waals surface area contributed by atoms with Crippen molar-refractivity contribution in [3.05, 3.63) is 12.7 Å². The first-order valence-electron chi connectivity index (χ1n) is 5.05. The molecule has 0 spiro atoms. The zero-order valence-electron chi connectivity index (χ0n) is 9.66. The summed E-state index contributed by atoms with van der Waals surface area (Å²) in [5, 5.41) is 0. The van der Waals surface area contributed by atoms with E-state index in [-0.39, 0.29) is 11.8 Å². The smallest absolute Gasteiger partial charge is 0.223 e. The van der Waals surface area contributed by atoms with E-state index in [1.807, 2.05) is 13.0 Å². The van der Waals surface area contributed by atoms with Crippen molar-refractivity contribution in [2.75, 3.05) is 27.3 Å². The minimum absolute atomic E-state index is 0.139. The van der Waals surface area contributed by atoms with Gasteiger partial charge in [0.1, 0.15) is 0 Å². The summed E-state index contributed by atoms with van der Waals surface area (Å²) in [7, 11) is 3.16. The van der Waals surface area contributed by atoms with Crippen molar-refractivity contribution < 1.29 is 14.3 Å². The van der Waals surface area contributed by atoms with Gasteiger partial charge in [0.05, 0.1) is 6.54 Å². The summed E-state index contributed by atoms with van der Waals surface area (Å²) in [6.07, 6.45) is 2.38. The molecule has 1 heterocycles. The minimum atomic E-state index is -0.717. The van der Waals surface area contributed by atoms with Gasteiger partial charge >= 0.3 is 0 Å². The summed E-state index contributed by atoms with van der Waals surface area (Å²) in [6, 6.07) is 0. The molecule has 0 N–H and O–H groups in total. The molecule has 0 bridgehead atoms. The number of nitrogens with zero attached hydrogens (tertiary/aromatic N) is 1. The van der Waals surface area contributed by atoms with Crippen molar-refractivity contribution in [1.82, 2.24) is 4.90 Å². The number of rotatable bonds is 5. The number of ether oxygens (including phenoxy) is 2. The molecule has 1 atom stereocenters. The number of methoxy groups -OCH3 is 2. The third-order valence-corrected chi connectivity index (χ3v) is 2.92. The van der Waals surface area contributed by atoms with Crippen LogP contribution in [-0.2, 0) is 14.3 Å². The molecule has 0 radical (unpaired) electrons. The normalized spacial score (nSPS) is 22.2. The second kappa shape index (κ2) is 4.77. The van der Waals surface area contributed by atoms with E-state index < -0.39 is 5.79 Å². The fraction of sp³-hybridized carbons (Fsp3) is 0.727. The third-order valence-electron chi connectivity index (χ3n) is 2.92. The van der Waals surface area contributed by atoms with Crippen molar-refractivity contribution >= 4 is 5.91 Å². The molecule has 86 valence electrons. The predicted molar refractivity (Wildman–Crippen MR) is 57.3 cm³/mol. The number of likely N-dealkylation sites (tertiary alicyclic amines) is 1. The van der Waals surface area contributed by atoms with Crippen LogP contribution in [0, 0.1) is 5.92 Å². The molecule has 1 amide bonds. The minimum Gasteiger partial charge on any atom is -0.352 e. The van der Waals surface area contributed by atoms with Crippen molar-refractivity contribution in [3.8, 4) is 0 Å². The fourth-order valence-electron chi connectivity index (χ4n) is 1.67. The molecule has 1 unspecified atom stereocenters. The van der Waals surface area contributed by atoms with Crippen molar-refractivity contribution in [3.63, 3.8) is 0 Å². The van der Waals surface area contributed by atoms with E-state index in [1.165, 1.54) is 0 Å². The van der Waals surface area contributed by atoms with Gasteiger partial charge < -0.3 is 14.4 Å². The maximum absolute atomic E-state index is 11.6. The summed E-state index contributed by atoms with van der Waals surface area (Å²) in [4.78, 5) is 13.4. The van der Waals surface area contributed by atoms with E-state index in [4.69, 9.17) is 9.47 Å². The topological polar surface area (TPSA) is 38.8 Å². The lowest BCUT2D eigenvalue weighted by molar-refractivity contribution is -0.203. The Morgan fingerprint density at radius 3 is 2.60 bits per heavy atom. The Labute approximate surface area is 90.8 Å². The largest absolute Gasteiger partial charge is 0.352 e. The Balaban J connectivity index is 2.59. The van der Waals surface area contributed by atoms with Crippen LogP contribution in [0.25, 0.3) is 0 Å². The summed E-state index contributed by atoms with van der Waals surface area (Å²) in [5.41, 5.74) is 0. The third kappa shape index (κ3) is 2.79. The van der Waals surface area contributed by atoms with Crippen LogP contribution in [0.3, 0.4) is 0 Å². The first-order chi connectivity index (χ1) is 7.04. The average Bonchev–Trinajstić information content (AvgIpc) is 2.59. The maximum Gasteiger partial charge on any atom is 0.223 e. The second-order valence-corrected chi connectivity index (χ2v) is 4.02. The van der Waals surface area contributed by atoms with Gasteiger partial charge in [0, 0.05) is 33.1 Å². The summed E-state index contributed by atoms with van der Waals surface area (Å²) in [6.45, 7) is 6.70. The van der Waals surface area contributed by atoms with Crippen molar-refractivity contribution in [2.24, 2.45) is 5.92 Å². The van der Waals surface area contributed by atoms with E-state index in [1.54, 1.807) is 19.1 Å². The van der Waals surface area contributed by atoms with E-state index in [2.05, 4.69) is 6.58 Å². The van der Waals surface area contributed by atoms with Crippen LogP contribution >= 0.6 is 0 Å². The highest BCUT2D eigenvalue weighted by atomic mass is 16.7. The van der Waals surface area contributed by atoms with Crippen LogP contribution in [0.15, 0.2) is 12.7 Å². The lowest BCUT2D eigenvalue weighted by Crippen LogP contribution is -2.44. The van der Waals surface area contributed by atoms with Crippen LogP contribution in [0.5, 0.6) is 0 Å². The van der Waals surface area contributed by atoms with E-state index in [9.17, 15) is 4.79 Å². The molecule has 0 aliphatic carbocycles. The van der Waals surface area contributed by atoms with E-state index in [0.717, 1.165) is 0 Å². The quantitative estimate of drug-likeness (QED) is 0.506. The van der Waals surface area contributed by atoms with Gasteiger partial charge in [0.15, 0.2) is 5.79 Å². The Morgan fingerprint density at radius 1 is 1.60 bits per heavy atom. The van der Waals surface area contributed by atoms with Gasteiger partial charge in [0.2, 0.25) is 5.91 Å². The molecular formula is C11H19NO3. The standard InChI is InChI=1S/C11H19NO3/c1-5-9-6-10(13)12(7-9)8-11(2,14-3)15-4/h5,9H,1,6-8H2,2-4H3. The molecule has 1 aliphatic heterocycles. The molecule has 4 heteroatoms. The van der Waals surface area contributed by atoms with Gasteiger partial charge in [-0.15, -0.1) is 6.58 Å². The first-order valence-corrected chi connectivity index (χ1v) is 5.05. The highest BCUT2D eigenvalue weighted by Crippen LogP contribution is 2.22. The van der Waals surface area contributed by atoms with Crippen LogP contribution < -0.4 is 0 Å². The van der Waals surface area contributed by atoms with Crippen molar-refractivity contribution in [2.45, 2.75) is 19.1 Å². The van der Waals surface area contributed by atoms with E-state index >= 15 is 0 Å². The highest BCUT2D eigenvalue weighted by molar-refractivity contribution is 5.79. The number of hydrogen-bond acceptors (Lipinski definition) is 3. The Kier molecular flexibility index (Phi) is 3.88. The zero-order valence-corrected chi connectivity index (χ0v) is 9.66. The molecule has 0 saturated carbocycles. The van der Waals surface area contributed by atoms with Gasteiger partial charge in [-0.25, -0.2) is 0 Å². The molecule has 1 saturated heterocycles.